The number of rotatable bonds is 1. The molecule has 0 aromatic carbocycles. The van der Waals surface area contributed by atoms with Crippen LogP contribution in [0, 0.1) is 0 Å². The van der Waals surface area contributed by atoms with E-state index in [0.717, 1.165) is 11.4 Å². The van der Waals surface area contributed by atoms with E-state index >= 15 is 0 Å². The minimum absolute atomic E-state index is 0.0119. The predicted molar refractivity (Wildman–Crippen MR) is 79.7 cm³/mol. The van der Waals surface area contributed by atoms with Crippen LogP contribution in [0.3, 0.4) is 0 Å². The third kappa shape index (κ3) is 3.55. The molecule has 1 rings (SSSR count). The molecule has 106 valence electrons. The van der Waals surface area contributed by atoms with E-state index in [1.54, 1.807) is 19.0 Å². The summed E-state index contributed by atoms with van der Waals surface area (Å²) >= 11 is 0. The van der Waals surface area contributed by atoms with Gasteiger partial charge in [-0.3, -0.25) is 9.78 Å². The summed E-state index contributed by atoms with van der Waals surface area (Å²) in [7, 11) is 3.54. The van der Waals surface area contributed by atoms with Gasteiger partial charge in [0.2, 0.25) is 0 Å². The van der Waals surface area contributed by atoms with E-state index in [0.29, 0.717) is 5.56 Å². The Bertz CT molecular complexity index is 477. The number of carbonyl (C=O) groups is 1. The molecule has 0 radical (unpaired) electrons. The number of nitrogens with zero attached hydrogens (tertiary/aromatic N) is 2. The number of hydrogen-bond donors (Lipinski definition) is 0. The van der Waals surface area contributed by atoms with Gasteiger partial charge in [0, 0.05) is 30.6 Å². The molecule has 0 bridgehead atoms. The van der Waals surface area contributed by atoms with Crippen LogP contribution in [0.25, 0.3) is 0 Å². The van der Waals surface area contributed by atoms with Gasteiger partial charge < -0.3 is 4.90 Å². The fourth-order valence-electron chi connectivity index (χ4n) is 1.86. The van der Waals surface area contributed by atoms with Gasteiger partial charge in [-0.25, -0.2) is 0 Å². The van der Waals surface area contributed by atoms with Crippen molar-refractivity contribution in [3.8, 4) is 0 Å². The van der Waals surface area contributed by atoms with Crippen molar-refractivity contribution < 1.29 is 4.79 Å². The van der Waals surface area contributed by atoms with Crippen molar-refractivity contribution in [2.24, 2.45) is 0 Å². The minimum atomic E-state index is -0.151. The molecule has 0 spiro atoms. The van der Waals surface area contributed by atoms with Crippen LogP contribution in [-0.2, 0) is 10.8 Å². The second-order valence-electron chi connectivity index (χ2n) is 7.29. The molecular weight excluding hydrogens is 236 g/mol. The van der Waals surface area contributed by atoms with E-state index in [2.05, 4.69) is 41.5 Å². The number of carbonyl (C=O) groups excluding carboxylic acids is 1. The summed E-state index contributed by atoms with van der Waals surface area (Å²) in [5, 5.41) is 0. The molecule has 0 atom stereocenters. The Morgan fingerprint density at radius 3 is 1.89 bits per heavy atom. The Morgan fingerprint density at radius 2 is 1.53 bits per heavy atom. The Kier molecular flexibility index (Phi) is 4.08. The van der Waals surface area contributed by atoms with Crippen LogP contribution in [0.5, 0.6) is 0 Å². The van der Waals surface area contributed by atoms with Crippen molar-refractivity contribution in [2.45, 2.75) is 52.4 Å². The Hall–Kier alpha value is -1.38. The van der Waals surface area contributed by atoms with Gasteiger partial charge in [-0.05, 0) is 12.1 Å². The highest BCUT2D eigenvalue weighted by Gasteiger charge is 2.27. The molecule has 1 aromatic rings. The van der Waals surface area contributed by atoms with Gasteiger partial charge in [0.25, 0.3) is 5.91 Å². The average Bonchev–Trinajstić information content (AvgIpc) is 2.24. The second kappa shape index (κ2) is 4.95. The first-order chi connectivity index (χ1) is 8.44. The van der Waals surface area contributed by atoms with E-state index in [4.69, 9.17) is 4.98 Å². The maximum Gasteiger partial charge on any atom is 0.255 e. The third-order valence-electron chi connectivity index (χ3n) is 3.01. The van der Waals surface area contributed by atoms with E-state index < -0.39 is 0 Å². The summed E-state index contributed by atoms with van der Waals surface area (Å²) in [5.41, 5.74) is 2.43. The van der Waals surface area contributed by atoms with Crippen LogP contribution in [0.2, 0.25) is 0 Å². The Balaban J connectivity index is 3.47. The summed E-state index contributed by atoms with van der Waals surface area (Å²) < 4.78 is 0. The van der Waals surface area contributed by atoms with Gasteiger partial charge in [-0.1, -0.05) is 41.5 Å². The first-order valence-electron chi connectivity index (χ1n) is 6.68. The molecule has 19 heavy (non-hydrogen) atoms. The molecule has 0 aliphatic heterocycles. The number of pyridine rings is 1. The molecule has 0 fully saturated rings. The highest BCUT2D eigenvalue weighted by atomic mass is 16.2. The summed E-state index contributed by atoms with van der Waals surface area (Å²) in [6.07, 6.45) is 0. The van der Waals surface area contributed by atoms with Crippen LogP contribution in [0.4, 0.5) is 0 Å². The van der Waals surface area contributed by atoms with Crippen LogP contribution >= 0.6 is 0 Å². The lowest BCUT2D eigenvalue weighted by Crippen LogP contribution is -2.28. The van der Waals surface area contributed by atoms with Gasteiger partial charge in [0.05, 0.1) is 11.3 Å². The average molecular weight is 262 g/mol. The van der Waals surface area contributed by atoms with Gasteiger partial charge in [0.15, 0.2) is 0 Å². The van der Waals surface area contributed by atoms with Gasteiger partial charge in [-0.2, -0.15) is 0 Å². The largest absolute Gasteiger partial charge is 0.345 e. The first-order valence-corrected chi connectivity index (χ1v) is 6.68. The zero-order valence-electron chi connectivity index (χ0n) is 13.5. The lowest BCUT2D eigenvalue weighted by atomic mass is 9.85. The SMILES string of the molecule is CN(C)C(=O)c1ccc(C(C)(C)C)nc1C(C)(C)C. The molecule has 1 aromatic heterocycles. The van der Waals surface area contributed by atoms with Crippen LogP contribution in [0.1, 0.15) is 63.3 Å². The van der Waals surface area contributed by atoms with Gasteiger partial charge in [-0.15, -0.1) is 0 Å². The molecule has 0 unspecified atom stereocenters. The number of aromatic nitrogens is 1. The Morgan fingerprint density at radius 1 is 1.00 bits per heavy atom. The molecule has 0 N–H and O–H groups in total. The van der Waals surface area contributed by atoms with Crippen molar-refractivity contribution in [1.29, 1.82) is 0 Å². The minimum Gasteiger partial charge on any atom is -0.345 e. The molecule has 3 heteroatoms. The van der Waals surface area contributed by atoms with E-state index in [1.165, 1.54) is 0 Å². The lowest BCUT2D eigenvalue weighted by Gasteiger charge is -2.26. The fourth-order valence-corrected chi connectivity index (χ4v) is 1.86. The topological polar surface area (TPSA) is 33.2 Å². The molecule has 0 saturated heterocycles. The molecule has 0 saturated carbocycles. The molecule has 1 heterocycles. The summed E-state index contributed by atoms with van der Waals surface area (Å²) in [6, 6.07) is 3.88. The van der Waals surface area contributed by atoms with E-state index in [1.807, 2.05) is 12.1 Å². The fraction of sp³-hybridized carbons (Fsp3) is 0.625. The molecule has 0 aliphatic rings. The van der Waals surface area contributed by atoms with Gasteiger partial charge in [0.1, 0.15) is 0 Å². The van der Waals surface area contributed by atoms with Crippen molar-refractivity contribution in [1.82, 2.24) is 9.88 Å². The summed E-state index contributed by atoms with van der Waals surface area (Å²) in [4.78, 5) is 18.6. The van der Waals surface area contributed by atoms with Crippen molar-refractivity contribution in [3.05, 3.63) is 29.1 Å². The van der Waals surface area contributed by atoms with Crippen molar-refractivity contribution in [3.63, 3.8) is 0 Å². The zero-order valence-corrected chi connectivity index (χ0v) is 13.5. The van der Waals surface area contributed by atoms with Gasteiger partial charge >= 0.3 is 0 Å². The Labute approximate surface area is 117 Å². The van der Waals surface area contributed by atoms with E-state index in [-0.39, 0.29) is 16.7 Å². The number of amides is 1. The lowest BCUT2D eigenvalue weighted by molar-refractivity contribution is 0.0824. The molecule has 3 nitrogen and oxygen atoms in total. The first kappa shape index (κ1) is 15.7. The summed E-state index contributed by atoms with van der Waals surface area (Å²) in [6.45, 7) is 12.7. The maximum atomic E-state index is 12.3. The smallest absolute Gasteiger partial charge is 0.255 e. The molecular formula is C16H26N2O. The highest BCUT2D eigenvalue weighted by molar-refractivity contribution is 5.95. The third-order valence-corrected chi connectivity index (χ3v) is 3.01. The predicted octanol–water partition coefficient (Wildman–Crippen LogP) is 3.38. The highest BCUT2D eigenvalue weighted by Crippen LogP contribution is 2.28. The summed E-state index contributed by atoms with van der Waals surface area (Å²) in [5.74, 6) is 0.0119. The molecule has 1 amide bonds. The van der Waals surface area contributed by atoms with Crippen LogP contribution in [-0.4, -0.2) is 29.9 Å². The maximum absolute atomic E-state index is 12.3. The molecule has 0 aliphatic carbocycles. The number of hydrogen-bond acceptors (Lipinski definition) is 2. The monoisotopic (exact) mass is 262 g/mol. The van der Waals surface area contributed by atoms with Crippen molar-refractivity contribution >= 4 is 5.91 Å². The van der Waals surface area contributed by atoms with E-state index in [9.17, 15) is 4.79 Å². The standard InChI is InChI=1S/C16H26N2O/c1-15(2,3)12-10-9-11(14(19)18(7)8)13(17-12)16(4,5)6/h9-10H,1-8H3. The van der Waals surface area contributed by atoms with Crippen LogP contribution < -0.4 is 0 Å². The second-order valence-corrected chi connectivity index (χ2v) is 7.29. The zero-order chi connectivity index (χ0) is 15.0. The van der Waals surface area contributed by atoms with Crippen LogP contribution in [0.15, 0.2) is 12.1 Å². The normalized spacial score (nSPS) is 12.4. The van der Waals surface area contributed by atoms with Crippen molar-refractivity contribution in [2.75, 3.05) is 14.1 Å². The quantitative estimate of drug-likeness (QED) is 0.777.